The number of aryl methyl sites for hydroxylation is 1. The summed E-state index contributed by atoms with van der Waals surface area (Å²) in [7, 11) is 0. The van der Waals surface area contributed by atoms with Gasteiger partial charge >= 0.3 is 0 Å². The van der Waals surface area contributed by atoms with Gasteiger partial charge in [0.25, 0.3) is 0 Å². The maximum absolute atomic E-state index is 4.72. The van der Waals surface area contributed by atoms with Crippen LogP contribution >= 0.6 is 0 Å². The van der Waals surface area contributed by atoms with Crippen molar-refractivity contribution in [2.45, 2.75) is 13.3 Å². The summed E-state index contributed by atoms with van der Waals surface area (Å²) in [6.45, 7) is 8.28. The Morgan fingerprint density at radius 2 is 1.78 bits per heavy atom. The Kier molecular flexibility index (Phi) is 5.44. The first-order chi connectivity index (χ1) is 13.3. The van der Waals surface area contributed by atoms with E-state index in [2.05, 4.69) is 56.3 Å². The summed E-state index contributed by atoms with van der Waals surface area (Å²) in [5, 5.41) is 4.71. The Bertz CT molecular complexity index is 874. The number of piperazine rings is 1. The summed E-state index contributed by atoms with van der Waals surface area (Å²) < 4.78 is 0. The number of rotatable bonds is 6. The van der Waals surface area contributed by atoms with E-state index in [0.29, 0.717) is 0 Å². The lowest BCUT2D eigenvalue weighted by molar-refractivity contribution is 0.256. The Balaban J connectivity index is 1.22. The zero-order valence-electron chi connectivity index (χ0n) is 15.8. The van der Waals surface area contributed by atoms with Gasteiger partial charge in [0.1, 0.15) is 5.82 Å². The molecule has 1 aliphatic rings. The van der Waals surface area contributed by atoms with Crippen LogP contribution in [-0.2, 0) is 0 Å². The first kappa shape index (κ1) is 17.7. The lowest BCUT2D eigenvalue weighted by Gasteiger charge is -2.34. The zero-order valence-corrected chi connectivity index (χ0v) is 15.8. The SMILES string of the molecule is Cc1cc(NCCCN2CCN(c3ncccn3)CC2)nc2ccccc12. The molecule has 27 heavy (non-hydrogen) atoms. The van der Waals surface area contributed by atoms with Crippen molar-refractivity contribution in [2.75, 3.05) is 49.5 Å². The highest BCUT2D eigenvalue weighted by molar-refractivity contribution is 5.83. The van der Waals surface area contributed by atoms with Crippen molar-refractivity contribution in [2.24, 2.45) is 0 Å². The van der Waals surface area contributed by atoms with E-state index in [1.807, 2.05) is 24.5 Å². The van der Waals surface area contributed by atoms with Crippen LogP contribution < -0.4 is 10.2 Å². The van der Waals surface area contributed by atoms with Crippen LogP contribution in [0.3, 0.4) is 0 Å². The molecule has 1 aliphatic heterocycles. The second-order valence-electron chi connectivity index (χ2n) is 7.00. The van der Waals surface area contributed by atoms with E-state index < -0.39 is 0 Å². The number of para-hydroxylation sites is 1. The Morgan fingerprint density at radius 3 is 2.59 bits per heavy atom. The molecule has 4 rings (SSSR count). The Morgan fingerprint density at radius 1 is 1.00 bits per heavy atom. The van der Waals surface area contributed by atoms with Crippen LogP contribution in [0, 0.1) is 6.92 Å². The first-order valence-electron chi connectivity index (χ1n) is 9.64. The molecular formula is C21H26N6. The van der Waals surface area contributed by atoms with Gasteiger partial charge in [-0.1, -0.05) is 18.2 Å². The predicted molar refractivity (Wildman–Crippen MR) is 110 cm³/mol. The quantitative estimate of drug-likeness (QED) is 0.681. The molecule has 3 heterocycles. The summed E-state index contributed by atoms with van der Waals surface area (Å²) >= 11 is 0. The molecule has 6 heteroatoms. The average Bonchev–Trinajstić information content (AvgIpc) is 2.72. The smallest absolute Gasteiger partial charge is 0.225 e. The van der Waals surface area contributed by atoms with Crippen LogP contribution in [0.15, 0.2) is 48.8 Å². The lowest BCUT2D eigenvalue weighted by atomic mass is 10.1. The normalized spacial score (nSPS) is 15.2. The lowest BCUT2D eigenvalue weighted by Crippen LogP contribution is -2.47. The second-order valence-corrected chi connectivity index (χ2v) is 7.00. The van der Waals surface area contributed by atoms with Crippen LogP contribution in [0.2, 0.25) is 0 Å². The van der Waals surface area contributed by atoms with Gasteiger partial charge in [0.15, 0.2) is 0 Å². The topological polar surface area (TPSA) is 57.2 Å². The highest BCUT2D eigenvalue weighted by atomic mass is 15.3. The summed E-state index contributed by atoms with van der Waals surface area (Å²) in [5.41, 5.74) is 2.32. The van der Waals surface area contributed by atoms with Crippen LogP contribution in [-0.4, -0.2) is 59.1 Å². The molecule has 0 unspecified atom stereocenters. The Hall–Kier alpha value is -2.73. The molecule has 0 aliphatic carbocycles. The van der Waals surface area contributed by atoms with Crippen molar-refractivity contribution in [3.63, 3.8) is 0 Å². The van der Waals surface area contributed by atoms with Gasteiger partial charge in [0.05, 0.1) is 5.52 Å². The molecule has 0 bridgehead atoms. The van der Waals surface area contributed by atoms with Crippen molar-refractivity contribution < 1.29 is 0 Å². The molecule has 0 atom stereocenters. The molecule has 1 saturated heterocycles. The highest BCUT2D eigenvalue weighted by Crippen LogP contribution is 2.19. The third kappa shape index (κ3) is 4.34. The van der Waals surface area contributed by atoms with Gasteiger partial charge in [-0.15, -0.1) is 0 Å². The largest absolute Gasteiger partial charge is 0.370 e. The average molecular weight is 362 g/mol. The van der Waals surface area contributed by atoms with E-state index in [1.54, 1.807) is 0 Å². The number of benzene rings is 1. The van der Waals surface area contributed by atoms with E-state index in [-0.39, 0.29) is 0 Å². The number of hydrogen-bond donors (Lipinski definition) is 1. The second kappa shape index (κ2) is 8.31. The molecule has 3 aromatic rings. The molecule has 6 nitrogen and oxygen atoms in total. The minimum atomic E-state index is 0.844. The molecule has 1 N–H and O–H groups in total. The number of fused-ring (bicyclic) bond motifs is 1. The van der Waals surface area contributed by atoms with Gasteiger partial charge in [0.2, 0.25) is 5.95 Å². The minimum Gasteiger partial charge on any atom is -0.370 e. The fourth-order valence-electron chi connectivity index (χ4n) is 3.59. The fraction of sp³-hybridized carbons (Fsp3) is 0.381. The molecular weight excluding hydrogens is 336 g/mol. The monoisotopic (exact) mass is 362 g/mol. The summed E-state index contributed by atoms with van der Waals surface area (Å²) in [6.07, 6.45) is 4.72. The van der Waals surface area contributed by atoms with Gasteiger partial charge in [-0.3, -0.25) is 4.90 Å². The van der Waals surface area contributed by atoms with E-state index in [1.165, 1.54) is 10.9 Å². The minimum absolute atomic E-state index is 0.844. The van der Waals surface area contributed by atoms with Gasteiger partial charge < -0.3 is 10.2 Å². The number of hydrogen-bond acceptors (Lipinski definition) is 6. The van der Waals surface area contributed by atoms with Crippen LogP contribution in [0.1, 0.15) is 12.0 Å². The third-order valence-electron chi connectivity index (χ3n) is 5.09. The van der Waals surface area contributed by atoms with Crippen molar-refractivity contribution >= 4 is 22.7 Å². The summed E-state index contributed by atoms with van der Waals surface area (Å²) in [4.78, 5) is 18.2. The molecule has 1 aromatic carbocycles. The number of anilines is 2. The molecule has 0 saturated carbocycles. The summed E-state index contributed by atoms with van der Waals surface area (Å²) in [6, 6.07) is 12.3. The zero-order chi connectivity index (χ0) is 18.5. The van der Waals surface area contributed by atoms with E-state index in [0.717, 1.165) is 63.0 Å². The Labute approximate surface area is 160 Å². The fourth-order valence-corrected chi connectivity index (χ4v) is 3.59. The van der Waals surface area contributed by atoms with Crippen LogP contribution in [0.25, 0.3) is 10.9 Å². The molecule has 0 spiro atoms. The molecule has 2 aromatic heterocycles. The molecule has 0 radical (unpaired) electrons. The third-order valence-corrected chi connectivity index (χ3v) is 5.09. The standard InChI is InChI=1S/C21H26N6/c1-17-16-20(25-19-7-3-2-6-18(17)19)22-10-5-11-26-12-14-27(15-13-26)21-23-8-4-9-24-21/h2-4,6-9,16H,5,10-15H2,1H3,(H,22,25). The molecule has 0 amide bonds. The van der Waals surface area contributed by atoms with Crippen molar-refractivity contribution in [3.8, 4) is 0 Å². The predicted octanol–water partition coefficient (Wildman–Crippen LogP) is 2.96. The van der Waals surface area contributed by atoms with Crippen molar-refractivity contribution in [1.29, 1.82) is 0 Å². The van der Waals surface area contributed by atoms with Gasteiger partial charge in [-0.2, -0.15) is 0 Å². The van der Waals surface area contributed by atoms with Crippen molar-refractivity contribution in [1.82, 2.24) is 19.9 Å². The maximum Gasteiger partial charge on any atom is 0.225 e. The number of aromatic nitrogens is 3. The molecule has 1 fully saturated rings. The summed E-state index contributed by atoms with van der Waals surface area (Å²) in [5.74, 6) is 1.81. The first-order valence-corrected chi connectivity index (χ1v) is 9.64. The van der Waals surface area contributed by atoms with Gasteiger partial charge in [-0.05, 0) is 43.7 Å². The van der Waals surface area contributed by atoms with E-state index >= 15 is 0 Å². The van der Waals surface area contributed by atoms with Gasteiger partial charge in [0, 0.05) is 50.5 Å². The number of nitrogens with zero attached hydrogens (tertiary/aromatic N) is 5. The van der Waals surface area contributed by atoms with E-state index in [4.69, 9.17) is 4.98 Å². The van der Waals surface area contributed by atoms with Crippen LogP contribution in [0.4, 0.5) is 11.8 Å². The number of pyridine rings is 1. The number of nitrogens with one attached hydrogen (secondary N) is 1. The van der Waals surface area contributed by atoms with Crippen LogP contribution in [0.5, 0.6) is 0 Å². The van der Waals surface area contributed by atoms with E-state index in [9.17, 15) is 0 Å². The van der Waals surface area contributed by atoms with Crippen molar-refractivity contribution in [3.05, 3.63) is 54.4 Å². The maximum atomic E-state index is 4.72. The molecule has 140 valence electrons. The highest BCUT2D eigenvalue weighted by Gasteiger charge is 2.18. The van der Waals surface area contributed by atoms with Gasteiger partial charge in [-0.25, -0.2) is 15.0 Å².